The zero-order chi connectivity index (χ0) is 27.8. The molecule has 1 saturated heterocycles. The first-order valence-electron chi connectivity index (χ1n) is 14.1. The highest BCUT2D eigenvalue weighted by molar-refractivity contribution is 7.99. The molecule has 1 N–H and O–H groups in total. The van der Waals surface area contributed by atoms with Crippen LogP contribution in [0.4, 0.5) is 0 Å². The molecule has 1 fully saturated rings. The molecule has 2 heterocycles. The first-order chi connectivity index (χ1) is 18.9. The average molecular weight is 567 g/mol. The molecule has 0 aromatic heterocycles. The number of rotatable bonds is 8. The zero-order valence-corrected chi connectivity index (χ0v) is 25.3. The number of carbonyl (C=O) groups is 1. The molecule has 2 aromatic rings. The molecule has 1 amide bonds. The number of hydrogen-bond acceptors (Lipinski definition) is 5. The van der Waals surface area contributed by atoms with Crippen LogP contribution < -0.4 is 5.32 Å². The standard InChI is InChI=1S/C27H34ClN3.C5H9NOS/c1-5-31-12-10-22(11-13-31)24-7-6-23-8-9-27(26(23)17-24)30(4)20(3)29-18-21-14-19(2)15-25(28)16-21;7-5-6-1-3-8-4-2-6/h6-7,10,14-17,27,29H,3,5,8-9,11-13,18H2,1-2,4H3;5H,1-4H2. The Balaban J connectivity index is 0.000000379. The Morgan fingerprint density at radius 1 is 1.18 bits per heavy atom. The van der Waals surface area contributed by atoms with Crippen LogP contribution in [0.2, 0.25) is 5.02 Å². The summed E-state index contributed by atoms with van der Waals surface area (Å²) in [5, 5.41) is 4.29. The third-order valence-electron chi connectivity index (χ3n) is 7.99. The molecular weight excluding hydrogens is 524 g/mol. The van der Waals surface area contributed by atoms with Crippen LogP contribution in [0.1, 0.15) is 53.6 Å². The Hall–Kier alpha value is -2.41. The van der Waals surface area contributed by atoms with Crippen LogP contribution in [0.3, 0.4) is 0 Å². The monoisotopic (exact) mass is 566 g/mol. The predicted molar refractivity (Wildman–Crippen MR) is 167 cm³/mol. The van der Waals surface area contributed by atoms with Gasteiger partial charge in [-0.2, -0.15) is 11.8 Å². The number of benzene rings is 2. The Morgan fingerprint density at radius 2 is 1.97 bits per heavy atom. The molecule has 0 spiro atoms. The van der Waals surface area contributed by atoms with Crippen molar-refractivity contribution in [2.24, 2.45) is 0 Å². The number of nitrogens with one attached hydrogen (secondary N) is 1. The molecular formula is C32H43ClN4OS. The van der Waals surface area contributed by atoms with Gasteiger partial charge in [0.25, 0.3) is 0 Å². The van der Waals surface area contributed by atoms with Crippen molar-refractivity contribution in [2.45, 2.75) is 45.7 Å². The number of amides is 1. The van der Waals surface area contributed by atoms with E-state index in [9.17, 15) is 4.79 Å². The lowest BCUT2D eigenvalue weighted by atomic mass is 9.95. The summed E-state index contributed by atoms with van der Waals surface area (Å²) < 4.78 is 0. The van der Waals surface area contributed by atoms with Crippen molar-refractivity contribution >= 4 is 35.3 Å². The molecule has 1 atom stereocenters. The van der Waals surface area contributed by atoms with Gasteiger partial charge in [-0.25, -0.2) is 0 Å². The van der Waals surface area contributed by atoms with Crippen LogP contribution >= 0.6 is 23.4 Å². The lowest BCUT2D eigenvalue weighted by molar-refractivity contribution is -0.117. The molecule has 0 radical (unpaired) electrons. The van der Waals surface area contributed by atoms with Gasteiger partial charge in [-0.15, -0.1) is 0 Å². The maximum Gasteiger partial charge on any atom is 0.209 e. The van der Waals surface area contributed by atoms with Gasteiger partial charge in [-0.1, -0.05) is 49.4 Å². The summed E-state index contributed by atoms with van der Waals surface area (Å²) in [4.78, 5) is 16.7. The molecule has 0 bridgehead atoms. The summed E-state index contributed by atoms with van der Waals surface area (Å²) >= 11 is 8.13. The number of thioether (sulfide) groups is 1. The lowest BCUT2D eigenvalue weighted by Gasteiger charge is -2.30. The van der Waals surface area contributed by atoms with Crippen molar-refractivity contribution in [3.05, 3.63) is 87.7 Å². The first kappa shape index (κ1) is 29.6. The Kier molecular flexibility index (Phi) is 10.8. The third kappa shape index (κ3) is 8.06. The van der Waals surface area contributed by atoms with Crippen LogP contribution in [0.25, 0.3) is 5.57 Å². The molecule has 39 heavy (non-hydrogen) atoms. The second-order valence-corrected chi connectivity index (χ2v) is 12.3. The predicted octanol–water partition coefficient (Wildman–Crippen LogP) is 6.13. The summed E-state index contributed by atoms with van der Waals surface area (Å²) in [6.07, 6.45) is 6.75. The van der Waals surface area contributed by atoms with E-state index < -0.39 is 0 Å². The van der Waals surface area contributed by atoms with E-state index in [1.807, 2.05) is 28.8 Å². The molecule has 1 unspecified atom stereocenters. The maximum absolute atomic E-state index is 10.1. The lowest BCUT2D eigenvalue weighted by Crippen LogP contribution is -2.30. The van der Waals surface area contributed by atoms with Crippen molar-refractivity contribution in [3.8, 4) is 0 Å². The zero-order valence-electron chi connectivity index (χ0n) is 23.7. The van der Waals surface area contributed by atoms with E-state index in [-0.39, 0.29) is 0 Å². The van der Waals surface area contributed by atoms with Crippen molar-refractivity contribution in [2.75, 3.05) is 51.3 Å². The normalized spacial score (nSPS) is 18.9. The Morgan fingerprint density at radius 3 is 2.62 bits per heavy atom. The van der Waals surface area contributed by atoms with E-state index in [0.29, 0.717) is 6.04 Å². The molecule has 1 aliphatic carbocycles. The van der Waals surface area contributed by atoms with Gasteiger partial charge in [-0.05, 0) is 84.3 Å². The number of likely N-dealkylation sites (N-methyl/N-ethyl adjacent to an activating group) is 1. The fraction of sp³-hybridized carbons (Fsp3) is 0.469. The minimum Gasteiger partial charge on any atom is -0.368 e. The molecule has 0 saturated carbocycles. The molecule has 2 aliphatic heterocycles. The fourth-order valence-electron chi connectivity index (χ4n) is 5.56. The fourth-order valence-corrected chi connectivity index (χ4v) is 6.80. The Labute approximate surface area is 244 Å². The van der Waals surface area contributed by atoms with Crippen LogP contribution in [0.5, 0.6) is 0 Å². The molecule has 3 aliphatic rings. The first-order valence-corrected chi connectivity index (χ1v) is 15.6. The van der Waals surface area contributed by atoms with Gasteiger partial charge in [0.1, 0.15) is 0 Å². The highest BCUT2D eigenvalue weighted by Crippen LogP contribution is 2.38. The van der Waals surface area contributed by atoms with Crippen molar-refractivity contribution in [1.82, 2.24) is 20.0 Å². The number of hydrogen-bond donors (Lipinski definition) is 1. The number of carbonyl (C=O) groups excluding carboxylic acids is 1. The van der Waals surface area contributed by atoms with Crippen molar-refractivity contribution in [1.29, 1.82) is 0 Å². The van der Waals surface area contributed by atoms with Gasteiger partial charge in [0.15, 0.2) is 0 Å². The minimum absolute atomic E-state index is 0.368. The molecule has 210 valence electrons. The van der Waals surface area contributed by atoms with Crippen LogP contribution in [0.15, 0.2) is 54.9 Å². The smallest absolute Gasteiger partial charge is 0.209 e. The van der Waals surface area contributed by atoms with E-state index in [2.05, 4.69) is 72.9 Å². The second kappa shape index (κ2) is 14.3. The van der Waals surface area contributed by atoms with Gasteiger partial charge in [0.05, 0.1) is 11.9 Å². The second-order valence-electron chi connectivity index (χ2n) is 10.6. The number of nitrogens with zero attached hydrogens (tertiary/aromatic N) is 3. The van der Waals surface area contributed by atoms with Crippen molar-refractivity contribution < 1.29 is 4.79 Å². The van der Waals surface area contributed by atoms with Crippen LogP contribution in [-0.2, 0) is 17.8 Å². The van der Waals surface area contributed by atoms with Gasteiger partial charge in [-0.3, -0.25) is 9.69 Å². The SMILES string of the molecule is C=C(NCc1cc(C)cc(Cl)c1)N(C)C1CCc2ccc(C3=CCN(CC)CC3)cc21.O=CN1CCSCC1. The summed E-state index contributed by atoms with van der Waals surface area (Å²) in [6.45, 7) is 14.6. The maximum atomic E-state index is 10.1. The highest BCUT2D eigenvalue weighted by Gasteiger charge is 2.27. The van der Waals surface area contributed by atoms with Gasteiger partial charge in [0.2, 0.25) is 6.41 Å². The molecule has 7 heteroatoms. The van der Waals surface area contributed by atoms with Gasteiger partial charge in [0, 0.05) is 56.3 Å². The van der Waals surface area contributed by atoms with Crippen molar-refractivity contribution in [3.63, 3.8) is 0 Å². The average Bonchev–Trinajstić information content (AvgIpc) is 3.39. The van der Waals surface area contributed by atoms with E-state index >= 15 is 0 Å². The molecule has 2 aromatic carbocycles. The quantitative estimate of drug-likeness (QED) is 0.389. The minimum atomic E-state index is 0.368. The summed E-state index contributed by atoms with van der Waals surface area (Å²) in [7, 11) is 2.16. The largest absolute Gasteiger partial charge is 0.368 e. The molecule has 5 rings (SSSR count). The summed E-state index contributed by atoms with van der Waals surface area (Å²) in [5.41, 5.74) is 8.18. The summed E-state index contributed by atoms with van der Waals surface area (Å²) in [6, 6.07) is 13.6. The van der Waals surface area contributed by atoms with Gasteiger partial charge < -0.3 is 15.1 Å². The highest BCUT2D eigenvalue weighted by atomic mass is 35.5. The third-order valence-corrected chi connectivity index (χ3v) is 9.15. The van der Waals surface area contributed by atoms with Crippen LogP contribution in [-0.4, -0.2) is 72.4 Å². The topological polar surface area (TPSA) is 38.8 Å². The molecule has 5 nitrogen and oxygen atoms in total. The Bertz CT molecular complexity index is 1160. The van der Waals surface area contributed by atoms with Gasteiger partial charge >= 0.3 is 0 Å². The van der Waals surface area contributed by atoms with E-state index in [1.165, 1.54) is 33.4 Å². The number of halogens is 1. The summed E-state index contributed by atoms with van der Waals surface area (Å²) in [5.74, 6) is 3.17. The number of aryl methyl sites for hydroxylation is 2. The van der Waals surface area contributed by atoms with Crippen LogP contribution in [0, 0.1) is 6.92 Å². The van der Waals surface area contributed by atoms with E-state index in [4.69, 9.17) is 11.6 Å². The van der Waals surface area contributed by atoms with E-state index in [0.717, 1.165) is 87.3 Å². The van der Waals surface area contributed by atoms with E-state index in [1.54, 1.807) is 0 Å². The number of fused-ring (bicyclic) bond motifs is 1.